The van der Waals surface area contributed by atoms with Gasteiger partial charge in [0.25, 0.3) is 10.0 Å². The van der Waals surface area contributed by atoms with Crippen LogP contribution in [0.5, 0.6) is 0 Å². The molecule has 0 saturated heterocycles. The molecule has 1 fully saturated rings. The van der Waals surface area contributed by atoms with Crippen LogP contribution in [0, 0.1) is 5.82 Å². The number of rotatable bonds is 6. The molecule has 1 saturated carbocycles. The lowest BCUT2D eigenvalue weighted by molar-refractivity contribution is 0.104. The lowest BCUT2D eigenvalue weighted by Crippen LogP contribution is -2.13. The van der Waals surface area contributed by atoms with E-state index in [0.29, 0.717) is 16.6 Å². The Hall–Kier alpha value is -3.79. The fourth-order valence-corrected chi connectivity index (χ4v) is 5.55. The third-order valence-corrected chi connectivity index (χ3v) is 7.46. The van der Waals surface area contributed by atoms with Gasteiger partial charge in [0.1, 0.15) is 23.6 Å². The van der Waals surface area contributed by atoms with Crippen LogP contribution < -0.4 is 10.5 Å². The summed E-state index contributed by atoms with van der Waals surface area (Å²) in [6.07, 6.45) is 7.39. The van der Waals surface area contributed by atoms with Crippen molar-refractivity contribution < 1.29 is 17.6 Å². The van der Waals surface area contributed by atoms with Crippen LogP contribution in [0.2, 0.25) is 0 Å². The van der Waals surface area contributed by atoms with E-state index in [9.17, 15) is 17.6 Å². The van der Waals surface area contributed by atoms with Gasteiger partial charge >= 0.3 is 0 Å². The van der Waals surface area contributed by atoms with Crippen molar-refractivity contribution >= 4 is 38.3 Å². The molecular formula is C24H22FN5O3S. The zero-order chi connectivity index (χ0) is 23.9. The van der Waals surface area contributed by atoms with E-state index < -0.39 is 15.8 Å². The highest BCUT2D eigenvalue weighted by Crippen LogP contribution is 2.35. The Morgan fingerprint density at radius 1 is 1.09 bits per heavy atom. The minimum absolute atomic E-state index is 0.180. The molecule has 0 amide bonds. The van der Waals surface area contributed by atoms with Gasteiger partial charge in [-0.15, -0.1) is 0 Å². The van der Waals surface area contributed by atoms with Crippen molar-refractivity contribution in [2.75, 3.05) is 10.5 Å². The van der Waals surface area contributed by atoms with Crippen LogP contribution in [-0.4, -0.2) is 28.7 Å². The summed E-state index contributed by atoms with van der Waals surface area (Å²) in [6, 6.07) is 11.1. The molecule has 0 radical (unpaired) electrons. The minimum atomic E-state index is -4.04. The zero-order valence-electron chi connectivity index (χ0n) is 18.1. The largest absolute Gasteiger partial charge is 0.383 e. The number of anilines is 2. The molecule has 0 aliphatic heterocycles. The van der Waals surface area contributed by atoms with E-state index in [1.54, 1.807) is 18.3 Å². The first kappa shape index (κ1) is 22.0. The molecule has 3 N–H and O–H groups in total. The summed E-state index contributed by atoms with van der Waals surface area (Å²) in [4.78, 5) is 21.8. The van der Waals surface area contributed by atoms with Gasteiger partial charge < -0.3 is 10.3 Å². The highest BCUT2D eigenvalue weighted by atomic mass is 32.2. The summed E-state index contributed by atoms with van der Waals surface area (Å²) >= 11 is 0. The molecule has 2 aromatic carbocycles. The first-order valence-corrected chi connectivity index (χ1v) is 12.4. The maximum absolute atomic E-state index is 13.5. The molecule has 5 rings (SSSR count). The Morgan fingerprint density at radius 3 is 2.62 bits per heavy atom. The number of sulfonamides is 1. The van der Waals surface area contributed by atoms with Gasteiger partial charge in [-0.25, -0.2) is 22.8 Å². The lowest BCUT2D eigenvalue weighted by Gasteiger charge is -2.12. The van der Waals surface area contributed by atoms with Gasteiger partial charge in [0.2, 0.25) is 0 Å². The standard InChI is InChI=1S/C24H22FN5O3S/c25-16-6-4-10-19(12-16)34(32,33)29-17-7-3-5-15(11-17)22(31)20-13-30(18-8-1-2-9-18)24-21(20)23(26)27-14-28-24/h3-7,10-14,18,29H,1-2,8-9H2,(H2,26,27,28). The number of fused-ring (bicyclic) bond motifs is 1. The second-order valence-corrected chi connectivity index (χ2v) is 10.0. The zero-order valence-corrected chi connectivity index (χ0v) is 18.9. The second-order valence-electron chi connectivity index (χ2n) is 8.32. The topological polar surface area (TPSA) is 120 Å². The maximum atomic E-state index is 13.5. The average molecular weight is 480 g/mol. The molecule has 1 aliphatic carbocycles. The first-order chi connectivity index (χ1) is 16.3. The van der Waals surface area contributed by atoms with Crippen LogP contribution in [0.15, 0.2) is 66.0 Å². The monoisotopic (exact) mass is 479 g/mol. The number of benzene rings is 2. The number of hydrogen-bond acceptors (Lipinski definition) is 6. The molecule has 2 aromatic heterocycles. The Bertz CT molecular complexity index is 1510. The van der Waals surface area contributed by atoms with E-state index in [-0.39, 0.29) is 33.8 Å². The number of hydrogen-bond donors (Lipinski definition) is 2. The van der Waals surface area contributed by atoms with Crippen LogP contribution in [0.25, 0.3) is 11.0 Å². The highest BCUT2D eigenvalue weighted by molar-refractivity contribution is 7.92. The molecule has 8 nitrogen and oxygen atoms in total. The van der Waals surface area contributed by atoms with E-state index in [2.05, 4.69) is 14.7 Å². The van der Waals surface area contributed by atoms with Gasteiger partial charge in [-0.05, 0) is 43.2 Å². The molecular weight excluding hydrogens is 457 g/mol. The van der Waals surface area contributed by atoms with Crippen LogP contribution in [0.4, 0.5) is 15.9 Å². The van der Waals surface area contributed by atoms with Crippen LogP contribution in [0.1, 0.15) is 47.6 Å². The third kappa shape index (κ3) is 4.01. The van der Waals surface area contributed by atoms with Crippen LogP contribution >= 0.6 is 0 Å². The SMILES string of the molecule is Nc1ncnc2c1c(C(=O)c1cccc(NS(=O)(=O)c3cccc(F)c3)c1)cn2C1CCCC1. The lowest BCUT2D eigenvalue weighted by atomic mass is 10.0. The molecule has 174 valence electrons. The number of halogens is 1. The van der Waals surface area contributed by atoms with Crippen molar-refractivity contribution in [3.63, 3.8) is 0 Å². The van der Waals surface area contributed by atoms with E-state index in [1.807, 2.05) is 4.57 Å². The first-order valence-electron chi connectivity index (χ1n) is 10.9. The number of nitrogens with two attached hydrogens (primary N) is 1. The highest BCUT2D eigenvalue weighted by Gasteiger charge is 2.26. The molecule has 0 unspecified atom stereocenters. The van der Waals surface area contributed by atoms with E-state index in [0.717, 1.165) is 37.8 Å². The Kier molecular flexibility index (Phi) is 5.52. The van der Waals surface area contributed by atoms with Crippen molar-refractivity contribution in [1.29, 1.82) is 0 Å². The van der Waals surface area contributed by atoms with Gasteiger partial charge in [-0.3, -0.25) is 9.52 Å². The Balaban J connectivity index is 1.51. The van der Waals surface area contributed by atoms with Crippen LogP contribution in [0.3, 0.4) is 0 Å². The fraction of sp³-hybridized carbons (Fsp3) is 0.208. The Morgan fingerprint density at radius 2 is 1.85 bits per heavy atom. The summed E-state index contributed by atoms with van der Waals surface area (Å²) in [5, 5.41) is 0.491. The van der Waals surface area contributed by atoms with Gasteiger partial charge in [0, 0.05) is 23.5 Å². The fourth-order valence-electron chi connectivity index (χ4n) is 4.47. The summed E-state index contributed by atoms with van der Waals surface area (Å²) in [5.74, 6) is -0.770. The van der Waals surface area contributed by atoms with Crippen molar-refractivity contribution in [2.24, 2.45) is 0 Å². The second kappa shape index (κ2) is 8.53. The molecule has 4 aromatic rings. The van der Waals surface area contributed by atoms with Crippen LogP contribution in [-0.2, 0) is 10.0 Å². The Labute approximate surface area is 195 Å². The molecule has 0 bridgehead atoms. The molecule has 2 heterocycles. The van der Waals surface area contributed by atoms with Crippen molar-refractivity contribution in [3.05, 3.63) is 78.0 Å². The number of nitrogens with one attached hydrogen (secondary N) is 1. The smallest absolute Gasteiger partial charge is 0.261 e. The van der Waals surface area contributed by atoms with E-state index in [1.165, 1.54) is 30.6 Å². The summed E-state index contributed by atoms with van der Waals surface area (Å²) in [7, 11) is -4.04. The van der Waals surface area contributed by atoms with Crippen molar-refractivity contribution in [2.45, 2.75) is 36.6 Å². The molecule has 0 atom stereocenters. The van der Waals surface area contributed by atoms with Crippen molar-refractivity contribution in [1.82, 2.24) is 14.5 Å². The molecule has 10 heteroatoms. The average Bonchev–Trinajstić information content (AvgIpc) is 3.47. The number of nitrogens with zero attached hydrogens (tertiary/aromatic N) is 3. The summed E-state index contributed by atoms with van der Waals surface area (Å²) in [5.41, 5.74) is 7.57. The predicted octanol–water partition coefficient (Wildman–Crippen LogP) is 4.30. The van der Waals surface area contributed by atoms with Gasteiger partial charge in [0.15, 0.2) is 5.78 Å². The normalized spacial score (nSPS) is 14.5. The van der Waals surface area contributed by atoms with E-state index in [4.69, 9.17) is 5.73 Å². The number of carbonyl (C=O) groups is 1. The number of aromatic nitrogens is 3. The van der Waals surface area contributed by atoms with Gasteiger partial charge in [0.05, 0.1) is 15.8 Å². The van der Waals surface area contributed by atoms with Gasteiger partial charge in [-0.2, -0.15) is 0 Å². The maximum Gasteiger partial charge on any atom is 0.261 e. The quantitative estimate of drug-likeness (QED) is 0.398. The molecule has 1 aliphatic rings. The van der Waals surface area contributed by atoms with Gasteiger partial charge in [-0.1, -0.05) is 31.0 Å². The molecule has 34 heavy (non-hydrogen) atoms. The number of carbonyl (C=O) groups excluding carboxylic acids is 1. The summed E-state index contributed by atoms with van der Waals surface area (Å²) < 4.78 is 43.3. The number of ketones is 1. The predicted molar refractivity (Wildman–Crippen MR) is 127 cm³/mol. The number of nitrogen functional groups attached to an aromatic ring is 1. The van der Waals surface area contributed by atoms with Crippen molar-refractivity contribution in [3.8, 4) is 0 Å². The van der Waals surface area contributed by atoms with E-state index >= 15 is 0 Å². The molecule has 0 spiro atoms. The summed E-state index contributed by atoms with van der Waals surface area (Å²) in [6.45, 7) is 0. The minimum Gasteiger partial charge on any atom is -0.383 e. The third-order valence-electron chi connectivity index (χ3n) is 6.08.